The summed E-state index contributed by atoms with van der Waals surface area (Å²) < 4.78 is 1.23. The van der Waals surface area contributed by atoms with Crippen LogP contribution in [0.15, 0.2) is 46.6 Å². The van der Waals surface area contributed by atoms with E-state index in [0.717, 1.165) is 13.1 Å². The number of nitrogens with one attached hydrogen (secondary N) is 1. The Morgan fingerprint density at radius 3 is 2.63 bits per heavy atom. The van der Waals surface area contributed by atoms with Crippen molar-refractivity contribution in [1.82, 2.24) is 20.0 Å². The van der Waals surface area contributed by atoms with Crippen LogP contribution >= 0.6 is 11.3 Å². The minimum atomic E-state index is -0.248. The third-order valence-electron chi connectivity index (χ3n) is 5.08. The summed E-state index contributed by atoms with van der Waals surface area (Å²) in [7, 11) is 1.57. The van der Waals surface area contributed by atoms with Gasteiger partial charge in [-0.2, -0.15) is 5.10 Å². The second kappa shape index (κ2) is 7.62. The zero-order chi connectivity index (χ0) is 18.8. The van der Waals surface area contributed by atoms with Gasteiger partial charge in [-0.25, -0.2) is 4.68 Å². The van der Waals surface area contributed by atoms with Crippen molar-refractivity contribution in [3.05, 3.63) is 62.7 Å². The van der Waals surface area contributed by atoms with Crippen LogP contribution in [-0.2, 0) is 7.05 Å². The molecule has 2 aromatic heterocycles. The van der Waals surface area contributed by atoms with E-state index in [-0.39, 0.29) is 17.5 Å². The molecule has 4 rings (SSSR count). The van der Waals surface area contributed by atoms with E-state index < -0.39 is 0 Å². The van der Waals surface area contributed by atoms with Gasteiger partial charge in [-0.3, -0.25) is 14.5 Å². The van der Waals surface area contributed by atoms with Crippen LogP contribution < -0.4 is 10.9 Å². The normalized spacial score (nSPS) is 15.9. The van der Waals surface area contributed by atoms with Crippen LogP contribution in [0, 0.1) is 0 Å². The lowest BCUT2D eigenvalue weighted by Gasteiger charge is -2.26. The fourth-order valence-corrected chi connectivity index (χ4v) is 4.55. The summed E-state index contributed by atoms with van der Waals surface area (Å²) in [5.74, 6) is -0.248. The van der Waals surface area contributed by atoms with E-state index in [2.05, 4.69) is 26.8 Å². The summed E-state index contributed by atoms with van der Waals surface area (Å²) >= 11 is 1.72. The van der Waals surface area contributed by atoms with Crippen molar-refractivity contribution in [2.45, 2.75) is 18.9 Å². The zero-order valence-electron chi connectivity index (χ0n) is 15.2. The van der Waals surface area contributed by atoms with E-state index in [1.165, 1.54) is 22.4 Å². The molecule has 6 nitrogen and oxygen atoms in total. The highest BCUT2D eigenvalue weighted by Crippen LogP contribution is 2.28. The molecule has 140 valence electrons. The third kappa shape index (κ3) is 3.52. The van der Waals surface area contributed by atoms with Gasteiger partial charge in [0.25, 0.3) is 11.5 Å². The molecule has 1 atom stereocenters. The number of rotatable bonds is 5. The molecule has 7 heteroatoms. The van der Waals surface area contributed by atoms with Crippen LogP contribution in [-0.4, -0.2) is 40.2 Å². The van der Waals surface area contributed by atoms with Gasteiger partial charge in [-0.15, -0.1) is 11.3 Å². The Morgan fingerprint density at radius 2 is 1.93 bits per heavy atom. The number of hydrogen-bond acceptors (Lipinski definition) is 5. The second-order valence-corrected chi connectivity index (χ2v) is 7.79. The van der Waals surface area contributed by atoms with Crippen molar-refractivity contribution in [3.8, 4) is 0 Å². The zero-order valence-corrected chi connectivity index (χ0v) is 16.0. The molecule has 1 amide bonds. The van der Waals surface area contributed by atoms with Crippen LogP contribution in [0.3, 0.4) is 0 Å². The van der Waals surface area contributed by atoms with Gasteiger partial charge in [0.05, 0.1) is 11.4 Å². The van der Waals surface area contributed by atoms with E-state index in [0.29, 0.717) is 23.0 Å². The van der Waals surface area contributed by atoms with Crippen LogP contribution in [0.2, 0.25) is 0 Å². The predicted molar refractivity (Wildman–Crippen MR) is 107 cm³/mol. The van der Waals surface area contributed by atoms with E-state index >= 15 is 0 Å². The maximum Gasteiger partial charge on any atom is 0.274 e. The topological polar surface area (TPSA) is 67.2 Å². The fourth-order valence-electron chi connectivity index (χ4n) is 3.68. The van der Waals surface area contributed by atoms with Gasteiger partial charge in [0.1, 0.15) is 0 Å². The van der Waals surface area contributed by atoms with E-state index in [1.807, 2.05) is 12.1 Å². The van der Waals surface area contributed by atoms with Gasteiger partial charge < -0.3 is 5.32 Å². The van der Waals surface area contributed by atoms with Crippen molar-refractivity contribution in [2.75, 3.05) is 19.6 Å². The van der Waals surface area contributed by atoms with Gasteiger partial charge in [-0.05, 0) is 43.4 Å². The highest BCUT2D eigenvalue weighted by atomic mass is 32.1. The molecule has 1 unspecified atom stereocenters. The lowest BCUT2D eigenvalue weighted by molar-refractivity contribution is 0.0933. The standard InChI is InChI=1S/C20H22N4O2S/c1-23-20(26)15-8-3-2-7-14(15)18(22-23)19(25)21-13-16(17-9-6-12-27-17)24-10-4-5-11-24/h2-3,6-9,12,16H,4-5,10-11,13H2,1H3,(H,21,25). The highest BCUT2D eigenvalue weighted by molar-refractivity contribution is 7.10. The summed E-state index contributed by atoms with van der Waals surface area (Å²) in [6.45, 7) is 2.64. The van der Waals surface area contributed by atoms with Gasteiger partial charge >= 0.3 is 0 Å². The molecule has 1 aliphatic heterocycles. The molecular formula is C20H22N4O2S. The molecule has 0 aliphatic carbocycles. The number of carbonyl (C=O) groups excluding carboxylic acids is 1. The molecule has 1 aliphatic rings. The number of amides is 1. The Morgan fingerprint density at radius 1 is 1.19 bits per heavy atom. The van der Waals surface area contributed by atoms with Crippen LogP contribution in [0.1, 0.15) is 34.2 Å². The lowest BCUT2D eigenvalue weighted by Crippen LogP contribution is -2.37. The molecule has 0 spiro atoms. The number of benzene rings is 1. The lowest BCUT2D eigenvalue weighted by atomic mass is 10.1. The highest BCUT2D eigenvalue weighted by Gasteiger charge is 2.25. The number of aryl methyl sites for hydroxylation is 1. The van der Waals surface area contributed by atoms with Gasteiger partial charge in [0.2, 0.25) is 0 Å². The van der Waals surface area contributed by atoms with Crippen molar-refractivity contribution in [2.24, 2.45) is 7.05 Å². The van der Waals surface area contributed by atoms with Gasteiger partial charge in [-0.1, -0.05) is 24.3 Å². The van der Waals surface area contributed by atoms with Crippen LogP contribution in [0.25, 0.3) is 10.8 Å². The largest absolute Gasteiger partial charge is 0.349 e. The fraction of sp³-hybridized carbons (Fsp3) is 0.350. The van der Waals surface area contributed by atoms with E-state index in [1.54, 1.807) is 36.6 Å². The number of aromatic nitrogens is 2. The molecule has 0 radical (unpaired) electrons. The van der Waals surface area contributed by atoms with E-state index in [4.69, 9.17) is 0 Å². The maximum absolute atomic E-state index is 12.9. The number of hydrogen-bond donors (Lipinski definition) is 1. The SMILES string of the molecule is Cn1nc(C(=O)NCC(c2cccs2)N2CCCC2)c2ccccc2c1=O. The minimum absolute atomic E-state index is 0.176. The molecule has 3 aromatic rings. The Balaban J connectivity index is 1.59. The van der Waals surface area contributed by atoms with Crippen molar-refractivity contribution < 1.29 is 4.79 Å². The van der Waals surface area contributed by atoms with Crippen LogP contribution in [0.5, 0.6) is 0 Å². The Hall–Kier alpha value is -2.51. The first-order chi connectivity index (χ1) is 13.1. The van der Waals surface area contributed by atoms with Gasteiger partial charge in [0, 0.05) is 23.9 Å². The van der Waals surface area contributed by atoms with E-state index in [9.17, 15) is 9.59 Å². The summed E-state index contributed by atoms with van der Waals surface area (Å²) in [5, 5.41) is 10.4. The summed E-state index contributed by atoms with van der Waals surface area (Å²) in [6, 6.07) is 11.5. The first kappa shape index (κ1) is 17.9. The molecule has 1 saturated heterocycles. The molecule has 1 N–H and O–H groups in total. The third-order valence-corrected chi connectivity index (χ3v) is 6.05. The molecule has 3 heterocycles. The van der Waals surface area contributed by atoms with Gasteiger partial charge in [0.15, 0.2) is 5.69 Å². The smallest absolute Gasteiger partial charge is 0.274 e. The average molecular weight is 382 g/mol. The molecular weight excluding hydrogens is 360 g/mol. The van der Waals surface area contributed by atoms with Crippen LogP contribution in [0.4, 0.5) is 0 Å². The molecule has 1 aromatic carbocycles. The maximum atomic E-state index is 12.9. The predicted octanol–water partition coefficient (Wildman–Crippen LogP) is 2.56. The first-order valence-corrected chi connectivity index (χ1v) is 10.0. The van der Waals surface area contributed by atoms with Crippen molar-refractivity contribution in [3.63, 3.8) is 0 Å². The molecule has 27 heavy (non-hydrogen) atoms. The number of fused-ring (bicyclic) bond motifs is 1. The summed E-state index contributed by atoms with van der Waals surface area (Å²) in [4.78, 5) is 28.9. The quantitative estimate of drug-likeness (QED) is 0.736. The Kier molecular flexibility index (Phi) is 5.05. The molecule has 0 saturated carbocycles. The molecule has 0 bridgehead atoms. The number of thiophene rings is 1. The number of nitrogens with zero attached hydrogens (tertiary/aromatic N) is 3. The Labute approximate surface area is 161 Å². The summed E-state index contributed by atoms with van der Waals surface area (Å²) in [5.41, 5.74) is 0.0923. The number of likely N-dealkylation sites (tertiary alicyclic amines) is 1. The summed E-state index contributed by atoms with van der Waals surface area (Å²) in [6.07, 6.45) is 2.39. The first-order valence-electron chi connectivity index (χ1n) is 9.17. The molecule has 1 fully saturated rings. The monoisotopic (exact) mass is 382 g/mol. The van der Waals surface area contributed by atoms with Crippen molar-refractivity contribution in [1.29, 1.82) is 0 Å². The van der Waals surface area contributed by atoms with Crippen molar-refractivity contribution >= 4 is 28.0 Å². The Bertz CT molecular complexity index is 1010. The number of carbonyl (C=O) groups is 1. The minimum Gasteiger partial charge on any atom is -0.349 e. The second-order valence-electron chi connectivity index (χ2n) is 6.81. The average Bonchev–Trinajstić information content (AvgIpc) is 3.39.